The molecule has 1 saturated carbocycles. The molecule has 1 saturated heterocycles. The van der Waals surface area contributed by atoms with E-state index in [9.17, 15) is 19.2 Å². The van der Waals surface area contributed by atoms with Crippen molar-refractivity contribution in [1.82, 2.24) is 15.5 Å². The highest BCUT2D eigenvalue weighted by Gasteiger charge is 2.44. The van der Waals surface area contributed by atoms with Crippen LogP contribution in [0.1, 0.15) is 52.0 Å². The van der Waals surface area contributed by atoms with Crippen LogP contribution in [0.4, 0.5) is 0 Å². The van der Waals surface area contributed by atoms with E-state index in [0.717, 1.165) is 23.3 Å². The van der Waals surface area contributed by atoms with Crippen LogP contribution in [0.5, 0.6) is 0 Å². The fraction of sp³-hybridized carbons (Fsp3) is 0.444. The summed E-state index contributed by atoms with van der Waals surface area (Å²) in [7, 11) is 0. The highest BCUT2D eigenvalue weighted by molar-refractivity contribution is 6.23. The Kier molecular flexibility index (Phi) is 3.89. The zero-order valence-corrected chi connectivity index (χ0v) is 14.2. The highest BCUT2D eigenvalue weighted by atomic mass is 16.2. The molecule has 0 spiro atoms. The van der Waals surface area contributed by atoms with E-state index in [1.165, 1.54) is 0 Å². The summed E-state index contributed by atoms with van der Waals surface area (Å²) in [6, 6.07) is 4.16. The summed E-state index contributed by atoms with van der Waals surface area (Å²) in [5.74, 6) is -1.96. The van der Waals surface area contributed by atoms with Crippen LogP contribution in [-0.2, 0) is 16.1 Å². The van der Waals surface area contributed by atoms with E-state index in [2.05, 4.69) is 10.6 Å². The van der Waals surface area contributed by atoms with Gasteiger partial charge in [0.05, 0.1) is 11.1 Å². The van der Waals surface area contributed by atoms with Crippen molar-refractivity contribution in [1.29, 1.82) is 0 Å². The summed E-state index contributed by atoms with van der Waals surface area (Å²) in [6.45, 7) is 1.26. The fourth-order valence-corrected chi connectivity index (χ4v) is 3.42. The molecule has 4 amide bonds. The second kappa shape index (κ2) is 6.00. The maximum Gasteiger partial charge on any atom is 0.262 e. The molecule has 4 rings (SSSR count). The molecule has 1 aromatic carbocycles. The summed E-state index contributed by atoms with van der Waals surface area (Å²) in [5.41, 5.74) is 7.39. The Morgan fingerprint density at radius 1 is 1.15 bits per heavy atom. The molecule has 0 aromatic heterocycles. The van der Waals surface area contributed by atoms with Crippen molar-refractivity contribution < 1.29 is 19.2 Å². The van der Waals surface area contributed by atoms with Crippen molar-refractivity contribution >= 4 is 23.6 Å². The van der Waals surface area contributed by atoms with E-state index in [4.69, 9.17) is 5.73 Å². The number of hydrogen-bond acceptors (Lipinski definition) is 6. The number of rotatable bonds is 5. The van der Waals surface area contributed by atoms with Crippen molar-refractivity contribution in [3.63, 3.8) is 0 Å². The van der Waals surface area contributed by atoms with Gasteiger partial charge in [0.2, 0.25) is 11.8 Å². The number of carbonyl (C=O) groups excluding carboxylic acids is 4. The molecule has 0 bridgehead atoms. The van der Waals surface area contributed by atoms with E-state index >= 15 is 0 Å². The Balaban J connectivity index is 1.50. The van der Waals surface area contributed by atoms with Gasteiger partial charge in [-0.15, -0.1) is 0 Å². The van der Waals surface area contributed by atoms with Gasteiger partial charge < -0.3 is 11.1 Å². The van der Waals surface area contributed by atoms with E-state index in [0.29, 0.717) is 24.2 Å². The van der Waals surface area contributed by atoms with Crippen LogP contribution in [0.3, 0.4) is 0 Å². The quantitative estimate of drug-likeness (QED) is 0.621. The summed E-state index contributed by atoms with van der Waals surface area (Å²) >= 11 is 0. The SMILES string of the molecule is NC1(CNCc2ccc3c(c2)C(=O)N(C2CCC(=O)NC2=O)C3=O)CC1. The monoisotopic (exact) mass is 356 g/mol. The number of imide groups is 2. The molecule has 0 radical (unpaired) electrons. The van der Waals surface area contributed by atoms with Gasteiger partial charge in [-0.3, -0.25) is 29.4 Å². The molecule has 8 heteroatoms. The normalized spacial score (nSPS) is 23.9. The lowest BCUT2D eigenvalue weighted by Gasteiger charge is -2.27. The summed E-state index contributed by atoms with van der Waals surface area (Å²) < 4.78 is 0. The molecule has 2 fully saturated rings. The number of benzene rings is 1. The van der Waals surface area contributed by atoms with Crippen molar-refractivity contribution in [2.45, 2.75) is 43.8 Å². The third-order valence-electron chi connectivity index (χ3n) is 5.20. The average molecular weight is 356 g/mol. The van der Waals surface area contributed by atoms with Gasteiger partial charge in [0.15, 0.2) is 0 Å². The Morgan fingerprint density at radius 2 is 1.88 bits per heavy atom. The largest absolute Gasteiger partial charge is 0.324 e. The Hall–Kier alpha value is -2.58. The van der Waals surface area contributed by atoms with Gasteiger partial charge in [-0.25, -0.2) is 0 Å². The Morgan fingerprint density at radius 3 is 2.58 bits per heavy atom. The average Bonchev–Trinajstić information content (AvgIpc) is 3.28. The molecule has 2 aliphatic heterocycles. The van der Waals surface area contributed by atoms with Gasteiger partial charge in [0.1, 0.15) is 6.04 Å². The fourth-order valence-electron chi connectivity index (χ4n) is 3.42. The predicted molar refractivity (Wildman–Crippen MR) is 91.0 cm³/mol. The molecular formula is C18H20N4O4. The van der Waals surface area contributed by atoms with Crippen LogP contribution >= 0.6 is 0 Å². The van der Waals surface area contributed by atoms with E-state index in [-0.39, 0.29) is 24.3 Å². The molecule has 1 aromatic rings. The molecule has 136 valence electrons. The molecule has 3 aliphatic rings. The van der Waals surface area contributed by atoms with Crippen molar-refractivity contribution in [3.05, 3.63) is 34.9 Å². The summed E-state index contributed by atoms with van der Waals surface area (Å²) in [5, 5.41) is 5.46. The lowest BCUT2D eigenvalue weighted by molar-refractivity contribution is -0.136. The number of hydrogen-bond donors (Lipinski definition) is 3. The van der Waals surface area contributed by atoms with E-state index in [1.807, 2.05) is 0 Å². The smallest absolute Gasteiger partial charge is 0.262 e. The summed E-state index contributed by atoms with van der Waals surface area (Å²) in [6.07, 6.45) is 2.29. The number of fused-ring (bicyclic) bond motifs is 1. The standard InChI is InChI=1S/C18H20N4O4/c19-18(5-6-18)9-20-8-10-1-2-11-12(7-10)17(26)22(16(11)25)13-3-4-14(23)21-15(13)24/h1-2,7,13,20H,3-6,8-9,19H2,(H,21,23,24). The second-order valence-electron chi connectivity index (χ2n) is 7.29. The molecule has 26 heavy (non-hydrogen) atoms. The van der Waals surface area contributed by atoms with E-state index < -0.39 is 23.8 Å². The number of carbonyl (C=O) groups is 4. The molecule has 1 atom stereocenters. The molecule has 1 aliphatic carbocycles. The van der Waals surface area contributed by atoms with Crippen LogP contribution in [-0.4, -0.2) is 46.7 Å². The first-order valence-corrected chi connectivity index (χ1v) is 8.72. The lowest BCUT2D eigenvalue weighted by atomic mass is 10.0. The van der Waals surface area contributed by atoms with Crippen LogP contribution in [0, 0.1) is 0 Å². The highest BCUT2D eigenvalue weighted by Crippen LogP contribution is 2.31. The zero-order valence-electron chi connectivity index (χ0n) is 14.2. The maximum atomic E-state index is 12.7. The first-order valence-electron chi connectivity index (χ1n) is 8.72. The number of nitrogens with two attached hydrogens (primary N) is 1. The van der Waals surface area contributed by atoms with Gasteiger partial charge in [-0.1, -0.05) is 6.07 Å². The first-order chi connectivity index (χ1) is 12.4. The topological polar surface area (TPSA) is 122 Å². The minimum absolute atomic E-state index is 0.106. The zero-order chi connectivity index (χ0) is 18.5. The minimum atomic E-state index is -0.936. The molecule has 8 nitrogen and oxygen atoms in total. The lowest BCUT2D eigenvalue weighted by Crippen LogP contribution is -2.54. The van der Waals surface area contributed by atoms with Crippen LogP contribution in [0.25, 0.3) is 0 Å². The molecule has 4 N–H and O–H groups in total. The Labute approximate surface area is 150 Å². The summed E-state index contributed by atoms with van der Waals surface area (Å²) in [4.78, 5) is 49.7. The van der Waals surface area contributed by atoms with Crippen LogP contribution in [0.2, 0.25) is 0 Å². The predicted octanol–water partition coefficient (Wildman–Crippen LogP) is -0.331. The van der Waals surface area contributed by atoms with Gasteiger partial charge in [-0.05, 0) is 37.0 Å². The number of amides is 4. The Bertz CT molecular complexity index is 830. The van der Waals surface area contributed by atoms with Gasteiger partial charge >= 0.3 is 0 Å². The third kappa shape index (κ3) is 2.91. The number of piperidine rings is 1. The molecular weight excluding hydrogens is 336 g/mol. The minimum Gasteiger partial charge on any atom is -0.324 e. The van der Waals surface area contributed by atoms with E-state index in [1.54, 1.807) is 18.2 Å². The number of nitrogens with zero attached hydrogens (tertiary/aromatic N) is 1. The van der Waals surface area contributed by atoms with Gasteiger partial charge in [-0.2, -0.15) is 0 Å². The van der Waals surface area contributed by atoms with Crippen molar-refractivity contribution in [2.24, 2.45) is 5.73 Å². The van der Waals surface area contributed by atoms with Gasteiger partial charge in [0.25, 0.3) is 11.8 Å². The maximum absolute atomic E-state index is 12.7. The molecule has 2 heterocycles. The first kappa shape index (κ1) is 16.9. The van der Waals surface area contributed by atoms with Crippen molar-refractivity contribution in [2.75, 3.05) is 6.54 Å². The molecule has 1 unspecified atom stereocenters. The number of nitrogens with one attached hydrogen (secondary N) is 2. The second-order valence-corrected chi connectivity index (χ2v) is 7.29. The van der Waals surface area contributed by atoms with Crippen LogP contribution < -0.4 is 16.4 Å². The third-order valence-corrected chi connectivity index (χ3v) is 5.20. The van der Waals surface area contributed by atoms with Crippen LogP contribution in [0.15, 0.2) is 18.2 Å². The van der Waals surface area contributed by atoms with Crippen molar-refractivity contribution in [3.8, 4) is 0 Å². The van der Waals surface area contributed by atoms with Gasteiger partial charge in [0, 0.05) is 25.0 Å².